The molecule has 11 nitrogen and oxygen atoms in total. The van der Waals surface area contributed by atoms with E-state index in [0.717, 1.165) is 96.3 Å². The molecule has 8 atom stereocenters. The quantitative estimate of drug-likeness (QED) is 0.0195. The summed E-state index contributed by atoms with van der Waals surface area (Å²) in [7, 11) is 0. The number of hydrogen-bond donors (Lipinski definition) is 6. The van der Waals surface area contributed by atoms with Crippen LogP contribution in [0.2, 0.25) is 0 Å². The molecule has 1 rings (SSSR count). The number of ether oxygens (including phenoxy) is 3. The van der Waals surface area contributed by atoms with Crippen LogP contribution >= 0.6 is 0 Å². The van der Waals surface area contributed by atoms with Gasteiger partial charge in [0.25, 0.3) is 0 Å². The van der Waals surface area contributed by atoms with E-state index in [2.05, 4.69) is 86.8 Å². The van der Waals surface area contributed by atoms with Gasteiger partial charge < -0.3 is 45.1 Å². The van der Waals surface area contributed by atoms with Gasteiger partial charge >= 0.3 is 5.97 Å². The van der Waals surface area contributed by atoms with Crippen LogP contribution in [-0.4, -0.2) is 99.6 Å². The van der Waals surface area contributed by atoms with Crippen LogP contribution in [0.5, 0.6) is 0 Å². The topological polar surface area (TPSA) is 175 Å². The number of amides is 1. The summed E-state index contributed by atoms with van der Waals surface area (Å²) in [6, 6.07) is -1.04. The lowest BCUT2D eigenvalue weighted by Gasteiger charge is -2.41. The summed E-state index contributed by atoms with van der Waals surface area (Å²) in [5.74, 6) is -1.23. The number of allylic oxidation sites excluding steroid dienone is 11. The first kappa shape index (κ1) is 68.1. The van der Waals surface area contributed by atoms with E-state index in [9.17, 15) is 35.1 Å². The first-order valence-corrected chi connectivity index (χ1v) is 29.7. The van der Waals surface area contributed by atoms with E-state index in [0.29, 0.717) is 12.8 Å². The highest BCUT2D eigenvalue weighted by atomic mass is 16.7. The van der Waals surface area contributed by atoms with Crippen molar-refractivity contribution < 1.29 is 49.3 Å². The van der Waals surface area contributed by atoms with Gasteiger partial charge in [0.05, 0.1) is 25.4 Å². The molecule has 6 N–H and O–H groups in total. The minimum absolute atomic E-state index is 0.0986. The van der Waals surface area contributed by atoms with Gasteiger partial charge in [0.1, 0.15) is 24.4 Å². The van der Waals surface area contributed by atoms with Crippen molar-refractivity contribution in [1.29, 1.82) is 0 Å². The molecule has 1 saturated heterocycles. The van der Waals surface area contributed by atoms with Crippen molar-refractivity contribution in [3.63, 3.8) is 0 Å². The molecule has 73 heavy (non-hydrogen) atoms. The van der Waals surface area contributed by atoms with Gasteiger partial charge in [0.2, 0.25) is 5.91 Å². The molecule has 0 saturated carbocycles. The zero-order valence-electron chi connectivity index (χ0n) is 46.5. The molecule has 0 bridgehead atoms. The molecule has 11 heteroatoms. The van der Waals surface area contributed by atoms with Gasteiger partial charge in [-0.25, -0.2) is 0 Å². The van der Waals surface area contributed by atoms with E-state index < -0.39 is 67.4 Å². The number of carbonyl (C=O) groups is 2. The number of aliphatic hydroxyl groups is 5. The molecule has 0 spiro atoms. The molecular weight excluding hydrogens is 919 g/mol. The lowest BCUT2D eigenvalue weighted by atomic mass is 9.99. The summed E-state index contributed by atoms with van der Waals surface area (Å²) in [6.07, 6.45) is 52.3. The highest BCUT2D eigenvalue weighted by Gasteiger charge is 2.47. The smallest absolute Gasteiger partial charge is 0.306 e. The Kier molecular flexibility index (Phi) is 46.6. The average molecular weight is 1030 g/mol. The predicted molar refractivity (Wildman–Crippen MR) is 301 cm³/mol. The maximum absolute atomic E-state index is 13.4. The fourth-order valence-electron chi connectivity index (χ4n) is 8.80. The number of unbranched alkanes of at least 4 members (excludes halogenated alkanes) is 25. The molecule has 8 unspecified atom stereocenters. The van der Waals surface area contributed by atoms with Crippen LogP contribution in [-0.2, 0) is 23.8 Å². The maximum atomic E-state index is 13.4. The number of esters is 1. The number of rotatable bonds is 49. The fourth-order valence-corrected chi connectivity index (χ4v) is 8.80. The van der Waals surface area contributed by atoms with E-state index in [4.69, 9.17) is 14.2 Å². The Balaban J connectivity index is 2.72. The van der Waals surface area contributed by atoms with Crippen molar-refractivity contribution in [2.45, 2.75) is 294 Å². The molecular formula is C62H109NO10. The van der Waals surface area contributed by atoms with Gasteiger partial charge in [-0.1, -0.05) is 216 Å². The van der Waals surface area contributed by atoms with Gasteiger partial charge in [-0.05, 0) is 96.3 Å². The Bertz CT molecular complexity index is 1460. The molecule has 0 aromatic heterocycles. The Morgan fingerprint density at radius 3 is 1.45 bits per heavy atom. The Labute approximate surface area is 445 Å². The monoisotopic (exact) mass is 1030 g/mol. The SMILES string of the molecule is CCCCC/C=C\C/C=C\C/C=C\C/C=C\CCCCCCC(O)C(=O)NC(COC1OC(CO)C(O)C(O)C1OC(=O)CCCCC/C=C\CCCCCCCC)C(O)/C=C/CCCCCCCCCCC. The predicted octanol–water partition coefficient (Wildman–Crippen LogP) is 13.6. The normalized spacial score (nSPS) is 19.9. The van der Waals surface area contributed by atoms with Crippen molar-refractivity contribution in [3.05, 3.63) is 72.9 Å². The van der Waals surface area contributed by atoms with Crippen LogP contribution in [0.1, 0.15) is 245 Å². The summed E-state index contributed by atoms with van der Waals surface area (Å²) >= 11 is 0. The minimum atomic E-state index is -1.62. The number of aliphatic hydroxyl groups excluding tert-OH is 5. The first-order chi connectivity index (χ1) is 35.7. The van der Waals surface area contributed by atoms with E-state index in [1.165, 1.54) is 103 Å². The molecule has 1 heterocycles. The van der Waals surface area contributed by atoms with Crippen molar-refractivity contribution in [1.82, 2.24) is 5.32 Å². The lowest BCUT2D eigenvalue weighted by Crippen LogP contribution is -2.61. The van der Waals surface area contributed by atoms with E-state index >= 15 is 0 Å². The van der Waals surface area contributed by atoms with Gasteiger partial charge in [0, 0.05) is 6.42 Å². The van der Waals surface area contributed by atoms with Gasteiger partial charge in [0.15, 0.2) is 12.4 Å². The Morgan fingerprint density at radius 1 is 0.534 bits per heavy atom. The number of carbonyl (C=O) groups excluding carboxylic acids is 2. The molecule has 1 fully saturated rings. The van der Waals surface area contributed by atoms with Crippen LogP contribution < -0.4 is 5.32 Å². The van der Waals surface area contributed by atoms with Gasteiger partial charge in [-0.2, -0.15) is 0 Å². The fraction of sp³-hybridized carbons (Fsp3) is 0.774. The standard InChI is InChI=1S/C62H109NO10/c1-4-7-10-13-16-19-22-24-25-26-27-28-29-30-32-34-37-40-43-46-49-55(66)61(70)63-53(54(65)48-45-42-39-36-33-21-18-15-12-9-6-3)52-71-62-60(59(69)58(68)56(51-64)72-62)73-57(67)50-47-44-41-38-35-31-23-20-17-14-11-8-5-2/h16,19,24-25,27-28,30-32,35,45,48,53-56,58-60,62,64-66,68-69H,4-15,17-18,20-23,26,29,33-34,36-44,46-47,49-52H2,1-3H3,(H,63,70)/b19-16-,25-24-,28-27-,32-30-,35-31-,48-45+. The Hall–Kier alpha value is -2.90. The summed E-state index contributed by atoms with van der Waals surface area (Å²) in [6.45, 7) is 5.71. The van der Waals surface area contributed by atoms with Crippen molar-refractivity contribution in [2.75, 3.05) is 13.2 Å². The molecule has 1 aliphatic heterocycles. The lowest BCUT2D eigenvalue weighted by molar-refractivity contribution is -0.305. The van der Waals surface area contributed by atoms with Crippen molar-refractivity contribution >= 4 is 11.9 Å². The average Bonchev–Trinajstić information content (AvgIpc) is 3.39. The highest BCUT2D eigenvalue weighted by Crippen LogP contribution is 2.26. The van der Waals surface area contributed by atoms with E-state index in [-0.39, 0.29) is 19.4 Å². The summed E-state index contributed by atoms with van der Waals surface area (Å²) in [5.41, 5.74) is 0. The second-order valence-electron chi connectivity index (χ2n) is 20.4. The van der Waals surface area contributed by atoms with E-state index in [1.54, 1.807) is 6.08 Å². The molecule has 1 amide bonds. The molecule has 0 aromatic rings. The van der Waals surface area contributed by atoms with Gasteiger partial charge in [-0.15, -0.1) is 0 Å². The van der Waals surface area contributed by atoms with Crippen molar-refractivity contribution in [3.8, 4) is 0 Å². The zero-order chi connectivity index (χ0) is 53.3. The Morgan fingerprint density at radius 2 is 0.945 bits per heavy atom. The molecule has 0 aliphatic carbocycles. The number of nitrogens with one attached hydrogen (secondary N) is 1. The largest absolute Gasteiger partial charge is 0.454 e. The summed E-state index contributed by atoms with van der Waals surface area (Å²) in [4.78, 5) is 26.4. The van der Waals surface area contributed by atoms with Crippen LogP contribution in [0, 0.1) is 0 Å². The van der Waals surface area contributed by atoms with Crippen LogP contribution in [0.15, 0.2) is 72.9 Å². The zero-order valence-corrected chi connectivity index (χ0v) is 46.5. The van der Waals surface area contributed by atoms with Crippen molar-refractivity contribution in [2.24, 2.45) is 0 Å². The van der Waals surface area contributed by atoms with Crippen LogP contribution in [0.3, 0.4) is 0 Å². The summed E-state index contributed by atoms with van der Waals surface area (Å²) < 4.78 is 17.5. The highest BCUT2D eigenvalue weighted by molar-refractivity contribution is 5.80. The second kappa shape index (κ2) is 49.9. The molecule has 0 aromatic carbocycles. The first-order valence-electron chi connectivity index (χ1n) is 29.7. The maximum Gasteiger partial charge on any atom is 0.306 e. The van der Waals surface area contributed by atoms with Crippen LogP contribution in [0.4, 0.5) is 0 Å². The summed E-state index contributed by atoms with van der Waals surface area (Å²) in [5, 5.41) is 56.8. The van der Waals surface area contributed by atoms with Gasteiger partial charge in [-0.3, -0.25) is 9.59 Å². The van der Waals surface area contributed by atoms with Crippen LogP contribution in [0.25, 0.3) is 0 Å². The third-order valence-corrected chi connectivity index (χ3v) is 13.6. The third-order valence-electron chi connectivity index (χ3n) is 13.6. The molecule has 422 valence electrons. The third kappa shape index (κ3) is 38.3. The minimum Gasteiger partial charge on any atom is -0.454 e. The molecule has 1 aliphatic rings. The second-order valence-corrected chi connectivity index (χ2v) is 20.4. The molecule has 0 radical (unpaired) electrons. The van der Waals surface area contributed by atoms with E-state index in [1.807, 2.05) is 6.08 Å². The number of hydrogen-bond acceptors (Lipinski definition) is 10.